The van der Waals surface area contributed by atoms with Crippen molar-refractivity contribution in [3.63, 3.8) is 0 Å². The summed E-state index contributed by atoms with van der Waals surface area (Å²) in [5, 5.41) is 2.90. The van der Waals surface area contributed by atoms with Crippen LogP contribution in [0, 0.1) is 0 Å². The van der Waals surface area contributed by atoms with Gasteiger partial charge in [0.1, 0.15) is 0 Å². The minimum Gasteiger partial charge on any atom is -0.351 e. The Balaban J connectivity index is 2.40. The molecule has 6 heteroatoms. The number of amides is 1. The maximum atomic E-state index is 11.6. The summed E-state index contributed by atoms with van der Waals surface area (Å²) in [6.45, 7) is 0.759. The van der Waals surface area contributed by atoms with Gasteiger partial charge >= 0.3 is 0 Å². The fourth-order valence-electron chi connectivity index (χ4n) is 0.967. The molecule has 0 aliphatic rings. The van der Waals surface area contributed by atoms with E-state index < -0.39 is 0 Å². The Morgan fingerprint density at radius 3 is 2.73 bits per heavy atom. The van der Waals surface area contributed by atoms with Crippen molar-refractivity contribution in [1.29, 1.82) is 0 Å². The Morgan fingerprint density at radius 2 is 2.20 bits per heavy atom. The van der Waals surface area contributed by atoms with Gasteiger partial charge in [-0.2, -0.15) is 0 Å². The van der Waals surface area contributed by atoms with Gasteiger partial charge in [-0.25, -0.2) is 0 Å². The largest absolute Gasteiger partial charge is 0.351 e. The summed E-state index contributed by atoms with van der Waals surface area (Å²) in [5.74, 6) is 0.0138. The molecule has 1 N–H and O–H groups in total. The molecule has 0 aliphatic carbocycles. The molecule has 1 rings (SSSR count). The lowest BCUT2D eigenvalue weighted by Gasteiger charge is -2.01. The molecule has 0 aromatic carbocycles. The van der Waals surface area contributed by atoms with Crippen LogP contribution >= 0.6 is 65.8 Å². The van der Waals surface area contributed by atoms with E-state index >= 15 is 0 Å². The number of unbranched alkanes of at least 4 members (excludes halogenated alkanes) is 1. The lowest BCUT2D eigenvalue weighted by Crippen LogP contribution is -2.23. The van der Waals surface area contributed by atoms with E-state index in [2.05, 4.69) is 59.8 Å². The topological polar surface area (TPSA) is 29.1 Å². The number of carbonyl (C=O) groups is 1. The highest BCUT2D eigenvalue weighted by Crippen LogP contribution is 2.32. The molecule has 0 bridgehead atoms. The Hall–Kier alpha value is 0.860. The highest BCUT2D eigenvalue weighted by molar-refractivity contribution is 14.1. The van der Waals surface area contributed by atoms with Crippen LogP contribution in [0.2, 0.25) is 0 Å². The van der Waals surface area contributed by atoms with Crippen molar-refractivity contribution in [2.24, 2.45) is 0 Å². The van der Waals surface area contributed by atoms with Crippen LogP contribution in [0.3, 0.4) is 0 Å². The minimum absolute atomic E-state index is 0.0138. The molecular weight excluding hydrogens is 457 g/mol. The van der Waals surface area contributed by atoms with Gasteiger partial charge < -0.3 is 5.32 Å². The molecule has 0 fully saturated rings. The number of hydrogen-bond acceptors (Lipinski definition) is 2. The Morgan fingerprint density at radius 1 is 1.47 bits per heavy atom. The molecule has 0 unspecified atom stereocenters. The van der Waals surface area contributed by atoms with E-state index in [-0.39, 0.29) is 5.91 Å². The Bertz CT molecular complexity index is 323. The Labute approximate surface area is 124 Å². The predicted octanol–water partition coefficient (Wildman–Crippen LogP) is 4.22. The molecule has 0 aliphatic heterocycles. The van der Waals surface area contributed by atoms with Crippen LogP contribution in [0.25, 0.3) is 0 Å². The highest BCUT2D eigenvalue weighted by Gasteiger charge is 2.10. The molecule has 1 aromatic rings. The second-order valence-electron chi connectivity index (χ2n) is 2.88. The average molecular weight is 467 g/mol. The van der Waals surface area contributed by atoms with E-state index in [9.17, 15) is 4.79 Å². The van der Waals surface area contributed by atoms with E-state index in [1.54, 1.807) is 0 Å². The third-order valence-electron chi connectivity index (χ3n) is 1.71. The van der Waals surface area contributed by atoms with Crippen LogP contribution in [0.5, 0.6) is 0 Å². The first-order chi connectivity index (χ1) is 7.15. The van der Waals surface area contributed by atoms with Crippen molar-refractivity contribution in [1.82, 2.24) is 5.32 Å². The summed E-state index contributed by atoms with van der Waals surface area (Å²) in [6, 6.07) is 1.84. The summed E-state index contributed by atoms with van der Waals surface area (Å²) in [4.78, 5) is 12.4. The fraction of sp³-hybridized carbons (Fsp3) is 0.444. The highest BCUT2D eigenvalue weighted by atomic mass is 127. The molecule has 0 saturated heterocycles. The number of hydrogen-bond donors (Lipinski definition) is 1. The smallest absolute Gasteiger partial charge is 0.261 e. The number of rotatable bonds is 5. The average Bonchev–Trinajstić information content (AvgIpc) is 2.54. The minimum atomic E-state index is 0.0138. The SMILES string of the molecule is O=C(NCCCCI)c1cc(Br)c(Br)s1. The number of carbonyl (C=O) groups excluding carboxylic acids is 1. The lowest BCUT2D eigenvalue weighted by atomic mass is 10.3. The van der Waals surface area contributed by atoms with E-state index in [0.29, 0.717) is 0 Å². The third-order valence-corrected chi connectivity index (χ3v) is 5.73. The van der Waals surface area contributed by atoms with E-state index in [4.69, 9.17) is 0 Å². The van der Waals surface area contributed by atoms with Crippen molar-refractivity contribution in [3.8, 4) is 0 Å². The van der Waals surface area contributed by atoms with Crippen molar-refractivity contribution >= 4 is 71.7 Å². The fourth-order valence-corrected chi connectivity index (χ4v) is 3.46. The van der Waals surface area contributed by atoms with Crippen molar-refractivity contribution in [2.75, 3.05) is 11.0 Å². The van der Waals surface area contributed by atoms with Gasteiger partial charge in [-0.1, -0.05) is 22.6 Å². The molecule has 84 valence electrons. The molecule has 0 saturated carbocycles. The molecule has 1 amide bonds. The van der Waals surface area contributed by atoms with Crippen LogP contribution in [-0.2, 0) is 0 Å². The van der Waals surface area contributed by atoms with Crippen LogP contribution in [0.4, 0.5) is 0 Å². The summed E-state index contributed by atoms with van der Waals surface area (Å²) in [5.41, 5.74) is 0. The van der Waals surface area contributed by atoms with Crippen LogP contribution in [0.15, 0.2) is 14.3 Å². The summed E-state index contributed by atoms with van der Waals surface area (Å²) in [6.07, 6.45) is 2.20. The first kappa shape index (κ1) is 13.9. The van der Waals surface area contributed by atoms with Crippen molar-refractivity contribution in [3.05, 3.63) is 19.2 Å². The number of thiophene rings is 1. The zero-order chi connectivity index (χ0) is 11.3. The normalized spacial score (nSPS) is 10.3. The van der Waals surface area contributed by atoms with Crippen molar-refractivity contribution < 1.29 is 4.79 Å². The molecule has 1 heterocycles. The maximum absolute atomic E-state index is 11.6. The molecule has 0 atom stereocenters. The zero-order valence-corrected chi connectivity index (χ0v) is 14.0. The van der Waals surface area contributed by atoms with Gasteiger partial charge in [-0.3, -0.25) is 4.79 Å². The Kier molecular flexibility index (Phi) is 6.72. The summed E-state index contributed by atoms with van der Waals surface area (Å²) < 4.78 is 3.04. The van der Waals surface area contributed by atoms with E-state index in [1.807, 2.05) is 6.07 Å². The lowest BCUT2D eigenvalue weighted by molar-refractivity contribution is 0.0957. The standard InChI is InChI=1S/C9H10Br2INOS/c10-6-5-7(15-8(6)11)9(14)13-4-2-1-3-12/h5H,1-4H2,(H,13,14). The van der Waals surface area contributed by atoms with Gasteiger partial charge in [0, 0.05) is 11.0 Å². The first-order valence-electron chi connectivity index (χ1n) is 4.44. The van der Waals surface area contributed by atoms with Crippen LogP contribution in [-0.4, -0.2) is 16.9 Å². The van der Waals surface area contributed by atoms with Crippen LogP contribution in [0.1, 0.15) is 22.5 Å². The maximum Gasteiger partial charge on any atom is 0.261 e. The predicted molar refractivity (Wildman–Crippen MR) is 80.2 cm³/mol. The van der Waals surface area contributed by atoms with E-state index in [1.165, 1.54) is 11.3 Å². The molecule has 0 radical (unpaired) electrons. The summed E-state index contributed by atoms with van der Waals surface area (Å²) >= 11 is 10.5. The van der Waals surface area contributed by atoms with Gasteiger partial charge in [-0.15, -0.1) is 11.3 Å². The number of alkyl halides is 1. The molecule has 0 spiro atoms. The van der Waals surface area contributed by atoms with Crippen molar-refractivity contribution in [2.45, 2.75) is 12.8 Å². The molecule has 1 aromatic heterocycles. The van der Waals surface area contributed by atoms with Gasteiger partial charge in [0.2, 0.25) is 0 Å². The van der Waals surface area contributed by atoms with Crippen LogP contribution < -0.4 is 5.32 Å². The number of nitrogens with one attached hydrogen (secondary N) is 1. The molecular formula is C9H10Br2INOS. The van der Waals surface area contributed by atoms with Gasteiger partial charge in [0.25, 0.3) is 5.91 Å². The summed E-state index contributed by atoms with van der Waals surface area (Å²) in [7, 11) is 0. The van der Waals surface area contributed by atoms with E-state index in [0.717, 1.165) is 37.0 Å². The van der Waals surface area contributed by atoms with Gasteiger partial charge in [0.05, 0.1) is 8.66 Å². The second kappa shape index (κ2) is 7.24. The van der Waals surface area contributed by atoms with Gasteiger partial charge in [-0.05, 0) is 55.2 Å². The first-order valence-corrected chi connectivity index (χ1v) is 8.37. The molecule has 2 nitrogen and oxygen atoms in total. The third kappa shape index (κ3) is 4.70. The zero-order valence-electron chi connectivity index (χ0n) is 7.86. The monoisotopic (exact) mass is 465 g/mol. The second-order valence-corrected chi connectivity index (χ2v) is 7.19. The van der Waals surface area contributed by atoms with Gasteiger partial charge in [0.15, 0.2) is 0 Å². The quantitative estimate of drug-likeness (QED) is 0.393. The molecule has 15 heavy (non-hydrogen) atoms. The number of halogens is 3.